The van der Waals surface area contributed by atoms with Crippen LogP contribution >= 0.6 is 0 Å². The summed E-state index contributed by atoms with van der Waals surface area (Å²) < 4.78 is 9.26. The minimum Gasteiger partial charge on any atom is -0.469 e. The third kappa shape index (κ3) is 6.13. The van der Waals surface area contributed by atoms with E-state index < -0.39 is 0 Å². The topological polar surface area (TPSA) is 52.6 Å². The van der Waals surface area contributed by atoms with Gasteiger partial charge >= 0.3 is 11.9 Å². The zero-order valence-electron chi connectivity index (χ0n) is 8.33. The van der Waals surface area contributed by atoms with Gasteiger partial charge in [0, 0.05) is 6.92 Å². The van der Waals surface area contributed by atoms with Gasteiger partial charge in [-0.1, -0.05) is 6.92 Å². The predicted molar refractivity (Wildman–Crippen MR) is 47.0 cm³/mol. The van der Waals surface area contributed by atoms with Crippen LogP contribution in [0, 0.1) is 5.92 Å². The second kappa shape index (κ2) is 6.46. The van der Waals surface area contributed by atoms with E-state index in [1.807, 2.05) is 0 Å². The second-order valence-electron chi connectivity index (χ2n) is 2.91. The van der Waals surface area contributed by atoms with Gasteiger partial charge in [0.1, 0.15) is 0 Å². The highest BCUT2D eigenvalue weighted by molar-refractivity contribution is 5.71. The Bertz CT molecular complexity index is 176. The Labute approximate surface area is 78.2 Å². The molecule has 0 radical (unpaired) electrons. The summed E-state index contributed by atoms with van der Waals surface area (Å²) in [7, 11) is 1.37. The largest absolute Gasteiger partial charge is 0.469 e. The lowest BCUT2D eigenvalue weighted by atomic mass is 10.1. The van der Waals surface area contributed by atoms with E-state index in [1.165, 1.54) is 14.0 Å². The Morgan fingerprint density at radius 1 is 1.38 bits per heavy atom. The van der Waals surface area contributed by atoms with Crippen LogP contribution in [0.3, 0.4) is 0 Å². The molecule has 0 N–H and O–H groups in total. The van der Waals surface area contributed by atoms with Gasteiger partial charge in [0.05, 0.1) is 19.6 Å². The molecule has 0 aliphatic carbocycles. The Balaban J connectivity index is 3.42. The van der Waals surface area contributed by atoms with E-state index in [9.17, 15) is 9.59 Å². The normalized spacial score (nSPS) is 11.9. The van der Waals surface area contributed by atoms with Gasteiger partial charge in [-0.05, 0) is 12.8 Å². The molecule has 13 heavy (non-hydrogen) atoms. The summed E-state index contributed by atoms with van der Waals surface area (Å²) in [6.45, 7) is 3.53. The predicted octanol–water partition coefficient (Wildman–Crippen LogP) is 1.14. The van der Waals surface area contributed by atoms with Crippen LogP contribution in [0.2, 0.25) is 0 Å². The number of ether oxygens (including phenoxy) is 2. The Morgan fingerprint density at radius 3 is 2.46 bits per heavy atom. The van der Waals surface area contributed by atoms with E-state index in [0.29, 0.717) is 19.4 Å². The first kappa shape index (κ1) is 11.9. The van der Waals surface area contributed by atoms with E-state index in [1.54, 1.807) is 6.92 Å². The molecule has 4 nitrogen and oxygen atoms in total. The van der Waals surface area contributed by atoms with Crippen LogP contribution in [0.5, 0.6) is 0 Å². The van der Waals surface area contributed by atoms with Crippen molar-refractivity contribution < 1.29 is 19.1 Å². The minimum absolute atomic E-state index is 0.124. The fourth-order valence-electron chi connectivity index (χ4n) is 0.924. The molecule has 0 fully saturated rings. The van der Waals surface area contributed by atoms with Crippen molar-refractivity contribution >= 4 is 11.9 Å². The van der Waals surface area contributed by atoms with Crippen molar-refractivity contribution in [2.75, 3.05) is 13.7 Å². The van der Waals surface area contributed by atoms with Gasteiger partial charge < -0.3 is 9.47 Å². The monoisotopic (exact) mass is 188 g/mol. The smallest absolute Gasteiger partial charge is 0.308 e. The van der Waals surface area contributed by atoms with Crippen molar-refractivity contribution in [2.24, 2.45) is 5.92 Å². The molecule has 0 aliphatic rings. The number of rotatable bonds is 5. The summed E-state index contributed by atoms with van der Waals surface area (Å²) in [5, 5.41) is 0. The molecule has 0 spiro atoms. The molecule has 0 aromatic heterocycles. The highest BCUT2D eigenvalue weighted by Gasteiger charge is 2.12. The van der Waals surface area contributed by atoms with Gasteiger partial charge in [-0.15, -0.1) is 0 Å². The van der Waals surface area contributed by atoms with Crippen LogP contribution in [-0.2, 0) is 19.1 Å². The summed E-state index contributed by atoms with van der Waals surface area (Å²) in [4.78, 5) is 21.3. The maximum Gasteiger partial charge on any atom is 0.308 e. The molecule has 1 unspecified atom stereocenters. The number of esters is 2. The second-order valence-corrected chi connectivity index (χ2v) is 2.91. The fourth-order valence-corrected chi connectivity index (χ4v) is 0.924. The van der Waals surface area contributed by atoms with Crippen LogP contribution in [0.4, 0.5) is 0 Å². The van der Waals surface area contributed by atoms with Gasteiger partial charge in [-0.2, -0.15) is 0 Å². The Morgan fingerprint density at radius 2 is 2.00 bits per heavy atom. The molecule has 76 valence electrons. The summed E-state index contributed by atoms with van der Waals surface area (Å²) >= 11 is 0. The Hall–Kier alpha value is -1.06. The standard InChI is InChI=1S/C9H16O4/c1-7(9(11)12-3)5-4-6-13-8(2)10/h7H,4-6H2,1-3H3. The van der Waals surface area contributed by atoms with Crippen molar-refractivity contribution in [3.05, 3.63) is 0 Å². The first-order valence-corrected chi connectivity index (χ1v) is 4.29. The third-order valence-corrected chi connectivity index (χ3v) is 1.69. The number of methoxy groups -OCH3 is 1. The Kier molecular flexibility index (Phi) is 5.93. The molecular formula is C9H16O4. The van der Waals surface area contributed by atoms with Gasteiger partial charge in [-0.25, -0.2) is 0 Å². The highest BCUT2D eigenvalue weighted by atomic mass is 16.5. The lowest BCUT2D eigenvalue weighted by Gasteiger charge is -2.08. The van der Waals surface area contributed by atoms with Gasteiger partial charge in [0.15, 0.2) is 0 Å². The average molecular weight is 188 g/mol. The number of carbonyl (C=O) groups excluding carboxylic acids is 2. The summed E-state index contributed by atoms with van der Waals surface area (Å²) in [6.07, 6.45) is 1.37. The lowest BCUT2D eigenvalue weighted by molar-refractivity contribution is -0.145. The van der Waals surface area contributed by atoms with Crippen molar-refractivity contribution in [2.45, 2.75) is 26.7 Å². The molecule has 0 rings (SSSR count). The van der Waals surface area contributed by atoms with Gasteiger partial charge in [-0.3, -0.25) is 9.59 Å². The van der Waals surface area contributed by atoms with Crippen molar-refractivity contribution in [3.63, 3.8) is 0 Å². The van der Waals surface area contributed by atoms with Crippen molar-refractivity contribution in [1.82, 2.24) is 0 Å². The molecule has 0 aromatic rings. The molecular weight excluding hydrogens is 172 g/mol. The molecule has 0 bridgehead atoms. The van der Waals surface area contributed by atoms with Crippen LogP contribution < -0.4 is 0 Å². The molecule has 0 saturated heterocycles. The van der Waals surface area contributed by atoms with E-state index >= 15 is 0 Å². The molecule has 0 amide bonds. The minimum atomic E-state index is -0.286. The van der Waals surface area contributed by atoms with E-state index in [0.717, 1.165) is 0 Å². The van der Waals surface area contributed by atoms with E-state index in [-0.39, 0.29) is 17.9 Å². The van der Waals surface area contributed by atoms with E-state index in [2.05, 4.69) is 4.74 Å². The molecule has 4 heteroatoms. The highest BCUT2D eigenvalue weighted by Crippen LogP contribution is 2.06. The van der Waals surface area contributed by atoms with Crippen molar-refractivity contribution in [3.8, 4) is 0 Å². The maximum absolute atomic E-state index is 10.9. The maximum atomic E-state index is 10.9. The fraction of sp³-hybridized carbons (Fsp3) is 0.778. The quantitative estimate of drug-likeness (QED) is 0.479. The average Bonchev–Trinajstić information content (AvgIpc) is 2.10. The molecule has 0 aliphatic heterocycles. The molecule has 0 aromatic carbocycles. The summed E-state index contributed by atoms with van der Waals surface area (Å²) in [5.41, 5.74) is 0. The van der Waals surface area contributed by atoms with Gasteiger partial charge in [0.25, 0.3) is 0 Å². The molecule has 0 heterocycles. The first-order valence-electron chi connectivity index (χ1n) is 4.29. The summed E-state index contributed by atoms with van der Waals surface area (Å²) in [5.74, 6) is -0.630. The number of carbonyl (C=O) groups is 2. The zero-order chi connectivity index (χ0) is 10.3. The van der Waals surface area contributed by atoms with Crippen LogP contribution in [0.15, 0.2) is 0 Å². The van der Waals surface area contributed by atoms with Crippen molar-refractivity contribution in [1.29, 1.82) is 0 Å². The van der Waals surface area contributed by atoms with Crippen LogP contribution in [0.1, 0.15) is 26.7 Å². The molecule has 0 saturated carbocycles. The molecule has 1 atom stereocenters. The first-order chi connectivity index (χ1) is 6.07. The SMILES string of the molecule is COC(=O)C(C)CCCOC(C)=O. The number of hydrogen-bond acceptors (Lipinski definition) is 4. The van der Waals surface area contributed by atoms with E-state index in [4.69, 9.17) is 4.74 Å². The van der Waals surface area contributed by atoms with Crippen LogP contribution in [0.25, 0.3) is 0 Å². The van der Waals surface area contributed by atoms with Gasteiger partial charge in [0.2, 0.25) is 0 Å². The number of hydrogen-bond donors (Lipinski definition) is 0. The zero-order valence-corrected chi connectivity index (χ0v) is 8.33. The summed E-state index contributed by atoms with van der Waals surface area (Å²) in [6, 6.07) is 0. The lowest BCUT2D eigenvalue weighted by Crippen LogP contribution is -2.13. The third-order valence-electron chi connectivity index (χ3n) is 1.69. The van der Waals surface area contributed by atoms with Crippen LogP contribution in [-0.4, -0.2) is 25.7 Å².